The molecule has 654 valence electrons. The molecule has 1 unspecified atom stereocenters. The molecule has 0 aromatic carbocycles. The molecule has 39 nitrogen and oxygen atoms in total. The van der Waals surface area contributed by atoms with Gasteiger partial charge >= 0.3 is 0 Å². The first-order chi connectivity index (χ1) is 62.7. The monoisotopic (exact) mass is 1750 g/mol. The van der Waals surface area contributed by atoms with Crippen LogP contribution < -0.4 is 42.8 Å². The van der Waals surface area contributed by atoms with E-state index in [-0.39, 0.29) is 17.9 Å². The number of hydrogen-bond acceptors (Lipinski definition) is 35. The Morgan fingerprint density at radius 1 is 0.395 bits per heavy atom. The van der Waals surface area contributed by atoms with Crippen LogP contribution in [0.15, 0.2) is 207 Å². The molecule has 20 heterocycles. The van der Waals surface area contributed by atoms with Crippen molar-refractivity contribution in [2.45, 2.75) is 134 Å². The van der Waals surface area contributed by atoms with Crippen LogP contribution in [0.25, 0.3) is 55.2 Å². The maximum atomic E-state index is 5.91. The predicted octanol–water partition coefficient (Wildman–Crippen LogP) is 14.1. The van der Waals surface area contributed by atoms with E-state index in [9.17, 15) is 0 Å². The molecule has 1 atom stereocenters. The molecule has 20 aromatic heterocycles. The van der Waals surface area contributed by atoms with Crippen LogP contribution in [0, 0.1) is 62.3 Å². The smallest absolute Gasteiger partial charge is 0.223 e. The normalized spacial score (nSPS) is 11.4. The average Bonchev–Trinajstić information content (AvgIpc) is 1.66. The van der Waals surface area contributed by atoms with Gasteiger partial charge in [-0.3, -0.25) is 19.9 Å². The molecule has 0 aliphatic rings. The van der Waals surface area contributed by atoms with Crippen molar-refractivity contribution in [2.24, 2.45) is 0 Å². The Kier molecular flexibility index (Phi) is 26.4. The maximum absolute atomic E-state index is 5.91. The number of rotatable bonds is 26. The lowest BCUT2D eigenvalue weighted by Gasteiger charge is -2.16. The van der Waals surface area contributed by atoms with Gasteiger partial charge in [0.15, 0.2) is 34.9 Å². The number of nitrogens with one attached hydrogen (secondary N) is 5. The van der Waals surface area contributed by atoms with Crippen molar-refractivity contribution < 1.29 is 22.7 Å². The highest BCUT2D eigenvalue weighted by Gasteiger charge is 2.22. The Morgan fingerprint density at radius 3 is 1.39 bits per heavy atom. The molecule has 0 saturated carbocycles. The number of pyridine rings is 4. The number of nitrogens with zero attached hydrogens (tertiary/aromatic N) is 27. The van der Waals surface area contributed by atoms with Gasteiger partial charge in [0, 0.05) is 92.6 Å². The van der Waals surface area contributed by atoms with Crippen LogP contribution in [0.1, 0.15) is 122 Å². The van der Waals surface area contributed by atoms with E-state index in [4.69, 9.17) is 34.2 Å². The molecule has 0 radical (unpaired) electrons. The first kappa shape index (κ1) is 86.1. The third kappa shape index (κ3) is 21.5. The summed E-state index contributed by atoms with van der Waals surface area (Å²) in [5.41, 5.74) is 28.1. The number of thiazole rings is 1. The molecular formula is C89H92N34O5S. The Balaban J connectivity index is 0.000000118. The summed E-state index contributed by atoms with van der Waals surface area (Å²) in [4.78, 5) is 84.0. The van der Waals surface area contributed by atoms with Crippen LogP contribution in [0.4, 0.5) is 41.0 Å². The van der Waals surface area contributed by atoms with Gasteiger partial charge in [0.2, 0.25) is 23.7 Å². The standard InChI is InChI=1S/C19H20N6O.C18H19N7S.C18H18N6O.C17H18N8O2.C17H17N7O/c1-12-5-4-7-20-17(12)11-25-8-6-16-18(25)19(23-14(3)22-16)21-10-15-9-13(2)26-24-15;1-11(14-5-3-4-7-20-14)21-17-16-15(23-18(19)24-17)6-8-25(16)9-13-10-26-12(2)22-13;1-12-9-20-16(25-12)10-21-18-17-15(22-13(2)23-18)6-8-24(17)11-14-5-3-4-7-19-14;1-10-21-14(24-27-10)8-20-16-15-11(22-17(18)23-16)5-7-25(15)9-12-13(26-2)4-3-6-19-12;1-11-8-13(23-25-11)9-20-17-16-14(21-12(2)22-17)4-7-24(16)10-15-18-5-3-6-19-15/h4-9H,10-11H2,1-3H3,(H,21,22,23);3-8,10-11H,9H2,1-2H3,(H3,19,21,23,24);3-9H,10-11H2,1-2H3,(H,21,22,23);3-7H,8-9H2,1-2H3,(H3,18,20,22,23);3-8H,9-10H2,1-2H3,(H,20,21,22). The van der Waals surface area contributed by atoms with E-state index in [0.29, 0.717) is 106 Å². The molecule has 20 rings (SSSR count). The van der Waals surface area contributed by atoms with Crippen LogP contribution >= 0.6 is 11.3 Å². The lowest BCUT2D eigenvalue weighted by atomic mass is 10.2. The minimum Gasteiger partial charge on any atom is -0.495 e. The van der Waals surface area contributed by atoms with Crippen molar-refractivity contribution in [3.8, 4) is 5.75 Å². The Labute approximate surface area is 741 Å². The second-order valence-corrected chi connectivity index (χ2v) is 30.9. The Hall–Kier alpha value is -16.4. The maximum Gasteiger partial charge on any atom is 0.223 e. The second-order valence-electron chi connectivity index (χ2n) is 29.9. The van der Waals surface area contributed by atoms with Crippen molar-refractivity contribution in [3.63, 3.8) is 0 Å². The molecule has 9 N–H and O–H groups in total. The van der Waals surface area contributed by atoms with E-state index in [1.165, 1.54) is 0 Å². The second kappa shape index (κ2) is 39.6. The van der Waals surface area contributed by atoms with Gasteiger partial charge in [-0.15, -0.1) is 11.3 Å². The highest BCUT2D eigenvalue weighted by atomic mass is 32.1. The minimum atomic E-state index is -0.0152. The van der Waals surface area contributed by atoms with Crippen molar-refractivity contribution >= 4 is 107 Å². The minimum absolute atomic E-state index is 0.0152. The number of aromatic nitrogens is 27. The lowest BCUT2D eigenvalue weighted by molar-refractivity contribution is 0.388. The van der Waals surface area contributed by atoms with Crippen molar-refractivity contribution in [2.75, 3.05) is 45.2 Å². The van der Waals surface area contributed by atoms with E-state index in [1.807, 2.05) is 199 Å². The number of methoxy groups -OCH3 is 1. The topological polar surface area (TPSA) is 482 Å². The van der Waals surface area contributed by atoms with Gasteiger partial charge in [-0.1, -0.05) is 33.7 Å². The molecule has 129 heavy (non-hydrogen) atoms. The first-order valence-electron chi connectivity index (χ1n) is 41.1. The first-order valence-corrected chi connectivity index (χ1v) is 42.0. The predicted molar refractivity (Wildman–Crippen MR) is 487 cm³/mol. The molecule has 0 fully saturated rings. The summed E-state index contributed by atoms with van der Waals surface area (Å²) >= 11 is 1.65. The molecule has 0 amide bonds. The third-order valence-electron chi connectivity index (χ3n) is 20.0. The van der Waals surface area contributed by atoms with Crippen molar-refractivity contribution in [1.29, 1.82) is 0 Å². The van der Waals surface area contributed by atoms with Gasteiger partial charge < -0.3 is 83.6 Å². The molecule has 0 spiro atoms. The van der Waals surface area contributed by atoms with Crippen LogP contribution in [-0.2, 0) is 58.9 Å². The van der Waals surface area contributed by atoms with E-state index in [2.05, 4.69) is 169 Å². The van der Waals surface area contributed by atoms with Gasteiger partial charge in [0.05, 0.1) is 134 Å². The molecular weight excluding hydrogens is 1660 g/mol. The Bertz CT molecular complexity index is 7010. The fraction of sp³-hybridized carbons (Fsp3) is 0.236. The summed E-state index contributed by atoms with van der Waals surface area (Å²) in [6, 6.07) is 34.9. The molecule has 20 aromatic rings. The number of nitrogens with two attached hydrogens (primary N) is 2. The molecule has 0 aliphatic carbocycles. The summed E-state index contributed by atoms with van der Waals surface area (Å²) in [6.45, 7) is 24.1. The molecule has 0 aliphatic heterocycles. The summed E-state index contributed by atoms with van der Waals surface area (Å²) in [6.07, 6.45) is 22.2. The number of ether oxygens (including phenoxy) is 1. The number of nitrogen functional groups attached to an aromatic ring is 2. The number of aryl methyl sites for hydroxylation is 9. The zero-order chi connectivity index (χ0) is 89.4. The van der Waals surface area contributed by atoms with Crippen molar-refractivity contribution in [3.05, 3.63) is 298 Å². The van der Waals surface area contributed by atoms with E-state index in [1.54, 1.807) is 68.6 Å². The van der Waals surface area contributed by atoms with E-state index < -0.39 is 0 Å². The molecule has 40 heteroatoms. The Morgan fingerprint density at radius 2 is 0.884 bits per heavy atom. The number of anilines is 7. The number of oxazole rings is 1. The number of hydrogen-bond donors (Lipinski definition) is 7. The summed E-state index contributed by atoms with van der Waals surface area (Å²) in [5.74, 6) is 11.6. The summed E-state index contributed by atoms with van der Waals surface area (Å²) < 4.78 is 36.5. The van der Waals surface area contributed by atoms with Crippen LogP contribution in [0.5, 0.6) is 5.75 Å². The van der Waals surface area contributed by atoms with E-state index in [0.717, 1.165) is 152 Å². The van der Waals surface area contributed by atoms with Crippen molar-refractivity contribution in [1.82, 2.24) is 133 Å². The van der Waals surface area contributed by atoms with Gasteiger partial charge in [-0.05, 0) is 147 Å². The average molecular weight is 1750 g/mol. The fourth-order valence-corrected chi connectivity index (χ4v) is 14.9. The summed E-state index contributed by atoms with van der Waals surface area (Å²) in [5, 5.41) is 31.7. The number of fused-ring (bicyclic) bond motifs is 5. The quantitative estimate of drug-likeness (QED) is 0.0265. The highest BCUT2D eigenvalue weighted by Crippen LogP contribution is 2.32. The lowest BCUT2D eigenvalue weighted by Crippen LogP contribution is -2.12. The van der Waals surface area contributed by atoms with Crippen LogP contribution in [0.3, 0.4) is 0 Å². The molecule has 0 saturated heterocycles. The largest absolute Gasteiger partial charge is 0.495 e. The summed E-state index contributed by atoms with van der Waals surface area (Å²) in [7, 11) is 1.62. The highest BCUT2D eigenvalue weighted by molar-refractivity contribution is 7.09. The zero-order valence-electron chi connectivity index (χ0n) is 72.5. The van der Waals surface area contributed by atoms with Gasteiger partial charge in [0.1, 0.15) is 91.0 Å². The van der Waals surface area contributed by atoms with Crippen LogP contribution in [0.2, 0.25) is 0 Å². The third-order valence-corrected chi connectivity index (χ3v) is 20.8. The van der Waals surface area contributed by atoms with Crippen LogP contribution in [-0.4, -0.2) is 140 Å². The van der Waals surface area contributed by atoms with Gasteiger partial charge in [-0.2, -0.15) is 15.0 Å². The molecule has 0 bridgehead atoms. The SMILES string of the molecule is COc1cccnc1Cn1ccc2nc(N)nc(NCc3noc(C)n3)c21.Cc1nc(Cn2ccc3nc(N)nc(NC(C)c4ccccn4)c32)cs1.Cc1nc(NCc2cc(C)on2)c2c(ccn2Cc2ncccc2C)n1.Cc1nc(NCc2cc(C)on2)c2c(ccn2Cc2ncccn2)n1.Cc1nc(NCc2ncc(C)o2)c2c(ccn2Cc2ccccn2)n1. The van der Waals surface area contributed by atoms with Gasteiger partial charge in [-0.25, -0.2) is 59.8 Å². The zero-order valence-corrected chi connectivity index (χ0v) is 73.3. The fourth-order valence-electron chi connectivity index (χ4n) is 14.3. The van der Waals surface area contributed by atoms with E-state index >= 15 is 0 Å². The van der Waals surface area contributed by atoms with Gasteiger partial charge in [0.25, 0.3) is 0 Å².